The van der Waals surface area contributed by atoms with Crippen LogP contribution < -0.4 is 5.32 Å². The number of rotatable bonds is 6. The molecule has 0 spiro atoms. The van der Waals surface area contributed by atoms with Gasteiger partial charge in [0.1, 0.15) is 23.5 Å². The van der Waals surface area contributed by atoms with Gasteiger partial charge in [0.2, 0.25) is 0 Å². The van der Waals surface area contributed by atoms with E-state index < -0.39 is 41.3 Å². The second kappa shape index (κ2) is 10.5. The minimum Gasteiger partial charge on any atom is -0.460 e. The van der Waals surface area contributed by atoms with Gasteiger partial charge in [0.15, 0.2) is 0 Å². The van der Waals surface area contributed by atoms with Crippen molar-refractivity contribution >= 4 is 24.1 Å². The molecule has 1 aromatic carbocycles. The average molecular weight is 461 g/mol. The molecule has 0 unspecified atom stereocenters. The van der Waals surface area contributed by atoms with E-state index in [4.69, 9.17) is 14.2 Å². The Labute approximate surface area is 194 Å². The molecule has 0 fully saturated rings. The zero-order chi connectivity index (χ0) is 24.8. The zero-order valence-electron chi connectivity index (χ0n) is 20.0. The van der Waals surface area contributed by atoms with E-state index in [0.29, 0.717) is 0 Å². The summed E-state index contributed by atoms with van der Waals surface area (Å²) < 4.78 is 15.8. The number of benzene rings is 1. The molecule has 9 heteroatoms. The third kappa shape index (κ3) is 8.59. The highest BCUT2D eigenvalue weighted by Crippen LogP contribution is 2.24. The fourth-order valence-electron chi connectivity index (χ4n) is 2.98. The molecule has 2 rings (SSSR count). The normalized spacial score (nSPS) is 16.2. The van der Waals surface area contributed by atoms with Gasteiger partial charge in [0.05, 0.1) is 6.04 Å². The van der Waals surface area contributed by atoms with Crippen LogP contribution in [0.4, 0.5) is 9.59 Å². The summed E-state index contributed by atoms with van der Waals surface area (Å²) in [7, 11) is 0. The molecule has 1 heterocycles. The summed E-state index contributed by atoms with van der Waals surface area (Å²) in [5.74, 6) is -1.20. The van der Waals surface area contributed by atoms with Crippen LogP contribution in [0, 0.1) is 0 Å². The maximum Gasteiger partial charge on any atom is 0.417 e. The monoisotopic (exact) mass is 460 g/mol. The van der Waals surface area contributed by atoms with Gasteiger partial charge in [-0.05, 0) is 59.6 Å². The van der Waals surface area contributed by atoms with Gasteiger partial charge < -0.3 is 14.2 Å². The predicted octanol–water partition coefficient (Wildman–Crippen LogP) is 4.06. The van der Waals surface area contributed by atoms with E-state index in [0.717, 1.165) is 10.5 Å². The third-order valence-corrected chi connectivity index (χ3v) is 4.24. The van der Waals surface area contributed by atoms with Gasteiger partial charge in [-0.3, -0.25) is 14.9 Å². The molecule has 0 saturated heterocycles. The van der Waals surface area contributed by atoms with Gasteiger partial charge >= 0.3 is 18.2 Å². The van der Waals surface area contributed by atoms with Crippen molar-refractivity contribution in [2.45, 2.75) is 78.2 Å². The van der Waals surface area contributed by atoms with Crippen LogP contribution in [0.3, 0.4) is 0 Å². The van der Waals surface area contributed by atoms with Gasteiger partial charge in [0.25, 0.3) is 5.91 Å². The molecule has 1 aliphatic heterocycles. The summed E-state index contributed by atoms with van der Waals surface area (Å²) in [6.07, 6.45) is -0.204. The van der Waals surface area contributed by atoms with E-state index in [-0.39, 0.29) is 25.1 Å². The van der Waals surface area contributed by atoms with Crippen LogP contribution in [0.5, 0.6) is 0 Å². The summed E-state index contributed by atoms with van der Waals surface area (Å²) in [6, 6.07) is 8.27. The molecule has 180 valence electrons. The van der Waals surface area contributed by atoms with E-state index in [1.807, 2.05) is 18.2 Å². The van der Waals surface area contributed by atoms with Crippen molar-refractivity contribution in [3.63, 3.8) is 0 Å². The molecular weight excluding hydrogens is 428 g/mol. The Morgan fingerprint density at radius 3 is 2.15 bits per heavy atom. The van der Waals surface area contributed by atoms with Crippen LogP contribution in [0.1, 0.15) is 59.9 Å². The summed E-state index contributed by atoms with van der Waals surface area (Å²) >= 11 is 0. The fourth-order valence-corrected chi connectivity index (χ4v) is 2.98. The predicted molar refractivity (Wildman–Crippen MR) is 120 cm³/mol. The van der Waals surface area contributed by atoms with Crippen LogP contribution in [-0.4, -0.2) is 46.2 Å². The number of carbonyl (C=O) groups is 4. The minimum atomic E-state index is -0.868. The van der Waals surface area contributed by atoms with Crippen LogP contribution >= 0.6 is 0 Å². The molecule has 0 aliphatic carbocycles. The first-order valence-electron chi connectivity index (χ1n) is 10.7. The quantitative estimate of drug-likeness (QED) is 0.503. The molecule has 0 radical (unpaired) electrons. The van der Waals surface area contributed by atoms with Crippen LogP contribution in [0.15, 0.2) is 42.1 Å². The zero-order valence-corrected chi connectivity index (χ0v) is 20.0. The lowest BCUT2D eigenvalue weighted by atomic mass is 10.1. The molecule has 1 aromatic rings. The highest BCUT2D eigenvalue weighted by atomic mass is 16.6. The standard InChI is InChI=1S/C24H32N2O7/c1-23(2,3)32-19(27)13-12-17-14-18(20(28)26(17)22(30)33-24(4,5)6)25-21(29)31-15-16-10-8-7-9-11-16/h7-11,14,17H,12-13,15H2,1-6H3,(H,25,29)/t17-/m0/s1. The number of amides is 3. The topological polar surface area (TPSA) is 111 Å². The van der Waals surface area contributed by atoms with E-state index in [2.05, 4.69) is 5.32 Å². The molecule has 1 aliphatic rings. The Morgan fingerprint density at radius 2 is 1.58 bits per heavy atom. The number of nitrogens with zero attached hydrogens (tertiary/aromatic N) is 1. The second-order valence-electron chi connectivity index (χ2n) is 9.62. The number of ether oxygens (including phenoxy) is 3. The Kier molecular flexibility index (Phi) is 8.24. The smallest absolute Gasteiger partial charge is 0.417 e. The SMILES string of the molecule is CC(C)(C)OC(=O)CC[C@H]1C=C(NC(=O)OCc2ccccc2)C(=O)N1C(=O)OC(C)(C)C. The molecule has 0 saturated carbocycles. The lowest BCUT2D eigenvalue weighted by Gasteiger charge is -2.27. The first-order chi connectivity index (χ1) is 15.2. The van der Waals surface area contributed by atoms with Crippen molar-refractivity contribution < 1.29 is 33.4 Å². The molecule has 9 nitrogen and oxygen atoms in total. The van der Waals surface area contributed by atoms with Crippen molar-refractivity contribution in [1.29, 1.82) is 0 Å². The minimum absolute atomic E-state index is 0.0198. The molecule has 0 aromatic heterocycles. The summed E-state index contributed by atoms with van der Waals surface area (Å²) in [5, 5.41) is 2.39. The van der Waals surface area contributed by atoms with Crippen molar-refractivity contribution in [2.75, 3.05) is 0 Å². The van der Waals surface area contributed by atoms with Crippen molar-refractivity contribution in [3.05, 3.63) is 47.7 Å². The van der Waals surface area contributed by atoms with Gasteiger partial charge in [-0.1, -0.05) is 30.3 Å². The Morgan fingerprint density at radius 1 is 0.970 bits per heavy atom. The molecule has 1 atom stereocenters. The maximum atomic E-state index is 12.9. The Hall–Kier alpha value is -3.36. The van der Waals surface area contributed by atoms with Gasteiger partial charge in [0, 0.05) is 6.42 Å². The van der Waals surface area contributed by atoms with Crippen LogP contribution in [-0.2, 0) is 30.4 Å². The highest BCUT2D eigenvalue weighted by Gasteiger charge is 2.40. The van der Waals surface area contributed by atoms with E-state index in [9.17, 15) is 19.2 Å². The Bertz CT molecular complexity index is 911. The third-order valence-electron chi connectivity index (χ3n) is 4.24. The summed E-state index contributed by atoms with van der Waals surface area (Å²) in [6.45, 7) is 10.3. The second-order valence-corrected chi connectivity index (χ2v) is 9.62. The number of imide groups is 1. The van der Waals surface area contributed by atoms with Gasteiger partial charge in [-0.15, -0.1) is 0 Å². The molecule has 3 amide bonds. The molecule has 0 bridgehead atoms. The van der Waals surface area contributed by atoms with Gasteiger partial charge in [-0.25, -0.2) is 14.5 Å². The van der Waals surface area contributed by atoms with Crippen molar-refractivity contribution in [2.24, 2.45) is 0 Å². The molecular formula is C24H32N2O7. The maximum absolute atomic E-state index is 12.9. The van der Waals surface area contributed by atoms with Gasteiger partial charge in [-0.2, -0.15) is 0 Å². The first-order valence-corrected chi connectivity index (χ1v) is 10.7. The van der Waals surface area contributed by atoms with Crippen molar-refractivity contribution in [3.8, 4) is 0 Å². The lowest BCUT2D eigenvalue weighted by molar-refractivity contribution is -0.155. The largest absolute Gasteiger partial charge is 0.460 e. The lowest BCUT2D eigenvalue weighted by Crippen LogP contribution is -2.44. The van der Waals surface area contributed by atoms with Crippen LogP contribution in [0.25, 0.3) is 0 Å². The molecule has 1 N–H and O–H groups in total. The number of nitrogens with one attached hydrogen (secondary N) is 1. The fraction of sp³-hybridized carbons (Fsp3) is 0.500. The summed E-state index contributed by atoms with van der Waals surface area (Å²) in [5.41, 5.74) is -0.825. The average Bonchev–Trinajstić information content (AvgIpc) is 2.98. The van der Waals surface area contributed by atoms with E-state index in [1.54, 1.807) is 53.7 Å². The van der Waals surface area contributed by atoms with Crippen LogP contribution in [0.2, 0.25) is 0 Å². The van der Waals surface area contributed by atoms with E-state index >= 15 is 0 Å². The molecule has 33 heavy (non-hydrogen) atoms. The first kappa shape index (κ1) is 25.9. The summed E-state index contributed by atoms with van der Waals surface area (Å²) in [4.78, 5) is 50.8. The Balaban J connectivity index is 2.08. The van der Waals surface area contributed by atoms with E-state index in [1.165, 1.54) is 6.08 Å². The number of alkyl carbamates (subject to hydrolysis) is 1. The number of hydrogen-bond donors (Lipinski definition) is 1. The number of esters is 1. The highest BCUT2D eigenvalue weighted by molar-refractivity contribution is 6.06. The number of carbonyl (C=O) groups excluding carboxylic acids is 4. The van der Waals surface area contributed by atoms with Crippen molar-refractivity contribution in [1.82, 2.24) is 10.2 Å². The number of hydrogen-bond acceptors (Lipinski definition) is 7.